The van der Waals surface area contributed by atoms with Crippen LogP contribution in [0.2, 0.25) is 0 Å². The van der Waals surface area contributed by atoms with Crippen molar-refractivity contribution < 1.29 is 9.90 Å². The molecule has 4 heteroatoms. The summed E-state index contributed by atoms with van der Waals surface area (Å²) in [5.41, 5.74) is 1.76. The first kappa shape index (κ1) is 16.6. The highest BCUT2D eigenvalue weighted by Gasteiger charge is 2.21. The lowest BCUT2D eigenvalue weighted by Crippen LogP contribution is -2.31. The Morgan fingerprint density at radius 1 is 1.18 bits per heavy atom. The van der Waals surface area contributed by atoms with Crippen LogP contribution in [0.25, 0.3) is 0 Å². The third-order valence-electron chi connectivity index (χ3n) is 3.41. The highest BCUT2D eigenvalue weighted by molar-refractivity contribution is 9.10. The number of aromatic hydroxyl groups is 1. The Morgan fingerprint density at radius 2 is 1.86 bits per heavy atom. The average Bonchev–Trinajstić information content (AvgIpc) is 2.48. The van der Waals surface area contributed by atoms with Gasteiger partial charge in [-0.3, -0.25) is 4.79 Å². The molecule has 0 aliphatic heterocycles. The monoisotopic (exact) mass is 361 g/mol. The van der Waals surface area contributed by atoms with Gasteiger partial charge in [-0.05, 0) is 37.6 Å². The minimum Gasteiger partial charge on any atom is -0.508 e. The minimum absolute atomic E-state index is 0.0248. The second kappa shape index (κ2) is 7.45. The number of carbonyl (C=O) groups excluding carboxylic acids is 1. The first-order chi connectivity index (χ1) is 10.5. The van der Waals surface area contributed by atoms with Gasteiger partial charge in [0.05, 0.1) is 0 Å². The van der Waals surface area contributed by atoms with Gasteiger partial charge in [-0.2, -0.15) is 0 Å². The summed E-state index contributed by atoms with van der Waals surface area (Å²) < 4.78 is 0.880. The fourth-order valence-corrected chi connectivity index (χ4v) is 2.84. The lowest BCUT2D eigenvalue weighted by atomic mass is 9.87. The smallest absolute Gasteiger partial charge is 0.221 e. The molecule has 0 aromatic heterocycles. The van der Waals surface area contributed by atoms with Gasteiger partial charge in [-0.25, -0.2) is 0 Å². The van der Waals surface area contributed by atoms with Crippen molar-refractivity contribution in [1.82, 2.24) is 5.32 Å². The number of phenols is 1. The van der Waals surface area contributed by atoms with Crippen LogP contribution in [0.3, 0.4) is 0 Å². The van der Waals surface area contributed by atoms with Gasteiger partial charge < -0.3 is 10.4 Å². The Labute approximate surface area is 139 Å². The minimum atomic E-state index is -0.183. The van der Waals surface area contributed by atoms with Crippen molar-refractivity contribution in [2.24, 2.45) is 0 Å². The molecule has 116 valence electrons. The fraction of sp³-hybridized carbons (Fsp3) is 0.278. The first-order valence-electron chi connectivity index (χ1n) is 7.30. The van der Waals surface area contributed by atoms with Crippen molar-refractivity contribution in [2.75, 3.05) is 0 Å². The summed E-state index contributed by atoms with van der Waals surface area (Å²) in [6, 6.07) is 15.2. The molecule has 2 aromatic rings. The van der Waals surface area contributed by atoms with E-state index < -0.39 is 0 Å². The maximum absolute atomic E-state index is 12.2. The van der Waals surface area contributed by atoms with E-state index in [0.29, 0.717) is 6.42 Å². The number of rotatable bonds is 5. The van der Waals surface area contributed by atoms with Gasteiger partial charge in [-0.15, -0.1) is 0 Å². The average molecular weight is 362 g/mol. The van der Waals surface area contributed by atoms with Crippen molar-refractivity contribution in [3.63, 3.8) is 0 Å². The number of amides is 1. The second-order valence-corrected chi connectivity index (χ2v) is 6.51. The van der Waals surface area contributed by atoms with Crippen molar-refractivity contribution in [3.05, 3.63) is 64.1 Å². The number of hydrogen-bond acceptors (Lipinski definition) is 2. The summed E-state index contributed by atoms with van der Waals surface area (Å²) in [7, 11) is 0. The predicted molar refractivity (Wildman–Crippen MR) is 92.0 cm³/mol. The molecule has 2 N–H and O–H groups in total. The van der Waals surface area contributed by atoms with E-state index in [1.165, 1.54) is 0 Å². The fourth-order valence-electron chi connectivity index (χ4n) is 2.46. The molecule has 0 fully saturated rings. The van der Waals surface area contributed by atoms with Crippen LogP contribution in [0.4, 0.5) is 0 Å². The van der Waals surface area contributed by atoms with Crippen LogP contribution in [0, 0.1) is 0 Å². The Balaban J connectivity index is 2.37. The molecule has 0 aliphatic rings. The van der Waals surface area contributed by atoms with E-state index in [1.807, 2.05) is 50.2 Å². The second-order valence-electron chi connectivity index (χ2n) is 5.59. The largest absolute Gasteiger partial charge is 0.508 e. The van der Waals surface area contributed by atoms with Crippen LogP contribution in [-0.2, 0) is 4.79 Å². The highest BCUT2D eigenvalue weighted by atomic mass is 79.9. The van der Waals surface area contributed by atoms with Crippen LogP contribution >= 0.6 is 15.9 Å². The molecule has 0 saturated heterocycles. The van der Waals surface area contributed by atoms with E-state index in [9.17, 15) is 9.90 Å². The molecule has 0 radical (unpaired) electrons. The first-order valence-corrected chi connectivity index (χ1v) is 8.09. The van der Waals surface area contributed by atoms with E-state index in [1.54, 1.807) is 12.1 Å². The predicted octanol–water partition coefficient (Wildman–Crippen LogP) is 4.20. The van der Waals surface area contributed by atoms with Crippen molar-refractivity contribution in [2.45, 2.75) is 32.2 Å². The van der Waals surface area contributed by atoms with E-state index in [0.717, 1.165) is 15.6 Å². The lowest BCUT2D eigenvalue weighted by molar-refractivity contribution is -0.121. The number of halogens is 1. The number of phenolic OH excluding ortho intramolecular Hbond substituents is 1. The number of benzene rings is 2. The third-order valence-corrected chi connectivity index (χ3v) is 3.90. The van der Waals surface area contributed by atoms with E-state index in [2.05, 4.69) is 21.2 Å². The molecule has 2 aromatic carbocycles. The molecular formula is C18H20BrNO2. The van der Waals surface area contributed by atoms with Crippen molar-refractivity contribution >= 4 is 21.8 Å². The van der Waals surface area contributed by atoms with Gasteiger partial charge in [-0.1, -0.05) is 46.3 Å². The molecule has 0 spiro atoms. The lowest BCUT2D eigenvalue weighted by Gasteiger charge is -2.20. The Hall–Kier alpha value is -1.81. The Morgan fingerprint density at radius 3 is 2.50 bits per heavy atom. The summed E-state index contributed by atoms with van der Waals surface area (Å²) in [6.07, 6.45) is 0.298. The van der Waals surface area contributed by atoms with E-state index in [-0.39, 0.29) is 23.6 Å². The zero-order chi connectivity index (χ0) is 16.1. The molecule has 3 nitrogen and oxygen atoms in total. The van der Waals surface area contributed by atoms with Crippen LogP contribution in [-0.4, -0.2) is 17.1 Å². The molecule has 0 unspecified atom stereocenters. The van der Waals surface area contributed by atoms with Crippen LogP contribution in [0.1, 0.15) is 37.3 Å². The topological polar surface area (TPSA) is 49.3 Å². The maximum atomic E-state index is 12.2. The SMILES string of the molecule is CC(C)NC(=O)C[C@@H](c1ccccc1)c1cc(Br)ccc1O. The van der Waals surface area contributed by atoms with Gasteiger partial charge in [0.1, 0.15) is 5.75 Å². The molecule has 0 bridgehead atoms. The van der Waals surface area contributed by atoms with Crippen LogP contribution in [0.15, 0.2) is 53.0 Å². The van der Waals surface area contributed by atoms with Gasteiger partial charge in [0.15, 0.2) is 0 Å². The molecule has 1 atom stereocenters. The molecule has 0 saturated carbocycles. The summed E-state index contributed by atoms with van der Waals surface area (Å²) in [5, 5.41) is 13.1. The molecule has 1 amide bonds. The van der Waals surface area contributed by atoms with Crippen LogP contribution < -0.4 is 5.32 Å². The van der Waals surface area contributed by atoms with E-state index >= 15 is 0 Å². The van der Waals surface area contributed by atoms with Gasteiger partial charge in [0.2, 0.25) is 5.91 Å². The van der Waals surface area contributed by atoms with Crippen LogP contribution in [0.5, 0.6) is 5.75 Å². The molecular weight excluding hydrogens is 342 g/mol. The number of nitrogens with one attached hydrogen (secondary N) is 1. The standard InChI is InChI=1S/C18H20BrNO2/c1-12(2)20-18(22)11-15(13-6-4-3-5-7-13)16-10-14(19)8-9-17(16)21/h3-10,12,15,21H,11H2,1-2H3,(H,20,22)/t15-/m0/s1. The Kier molecular flexibility index (Phi) is 5.61. The summed E-state index contributed by atoms with van der Waals surface area (Å²) in [5.74, 6) is -0.00456. The number of hydrogen-bond donors (Lipinski definition) is 2. The Bertz CT molecular complexity index is 641. The summed E-state index contributed by atoms with van der Waals surface area (Å²) >= 11 is 3.43. The van der Waals surface area contributed by atoms with Crippen molar-refractivity contribution in [1.29, 1.82) is 0 Å². The molecule has 0 aliphatic carbocycles. The normalized spacial score (nSPS) is 12.2. The van der Waals surface area contributed by atoms with Gasteiger partial charge in [0, 0.05) is 28.4 Å². The van der Waals surface area contributed by atoms with Gasteiger partial charge >= 0.3 is 0 Å². The van der Waals surface area contributed by atoms with E-state index in [4.69, 9.17) is 0 Å². The number of carbonyl (C=O) groups is 1. The maximum Gasteiger partial charge on any atom is 0.221 e. The quantitative estimate of drug-likeness (QED) is 0.838. The molecule has 0 heterocycles. The summed E-state index contributed by atoms with van der Waals surface area (Å²) in [4.78, 5) is 12.2. The highest BCUT2D eigenvalue weighted by Crippen LogP contribution is 2.35. The molecule has 2 rings (SSSR count). The van der Waals surface area contributed by atoms with Gasteiger partial charge in [0.25, 0.3) is 0 Å². The van der Waals surface area contributed by atoms with Crippen molar-refractivity contribution in [3.8, 4) is 5.75 Å². The third kappa shape index (κ3) is 4.34. The zero-order valence-corrected chi connectivity index (χ0v) is 14.3. The summed E-state index contributed by atoms with van der Waals surface area (Å²) in [6.45, 7) is 3.87. The zero-order valence-electron chi connectivity index (χ0n) is 12.7. The molecule has 22 heavy (non-hydrogen) atoms.